The summed E-state index contributed by atoms with van der Waals surface area (Å²) in [7, 11) is 0. The van der Waals surface area contributed by atoms with Crippen LogP contribution in [0.3, 0.4) is 0 Å². The number of hydrogen-bond donors (Lipinski definition) is 2. The average Bonchev–Trinajstić information content (AvgIpc) is 3.21. The molecule has 2 unspecified atom stereocenters. The highest BCUT2D eigenvalue weighted by molar-refractivity contribution is 7.99. The highest BCUT2D eigenvalue weighted by atomic mass is 32.2. The van der Waals surface area contributed by atoms with Crippen LogP contribution in [0.15, 0.2) is 35.5 Å². The van der Waals surface area contributed by atoms with Crippen LogP contribution < -0.4 is 10.6 Å². The van der Waals surface area contributed by atoms with Gasteiger partial charge in [0.15, 0.2) is 5.16 Å². The predicted molar refractivity (Wildman–Crippen MR) is 124 cm³/mol. The van der Waals surface area contributed by atoms with Crippen LogP contribution in [0, 0.1) is 0 Å². The Labute approximate surface area is 191 Å². The van der Waals surface area contributed by atoms with E-state index < -0.39 is 0 Å². The van der Waals surface area contributed by atoms with E-state index in [9.17, 15) is 4.79 Å². The molecule has 3 heterocycles. The molecule has 10 nitrogen and oxygen atoms in total. The molecule has 0 radical (unpaired) electrons. The number of carbonyl (C=O) groups excluding carboxylic acids is 1. The van der Waals surface area contributed by atoms with Gasteiger partial charge < -0.3 is 20.3 Å². The lowest BCUT2D eigenvalue weighted by molar-refractivity contribution is -0.142. The van der Waals surface area contributed by atoms with Gasteiger partial charge in [-0.25, -0.2) is 4.40 Å². The summed E-state index contributed by atoms with van der Waals surface area (Å²) in [5, 5.41) is 15.3. The number of benzene rings is 1. The lowest BCUT2D eigenvalue weighted by atomic mass is 10.1. The molecule has 1 saturated heterocycles. The number of ether oxygens (including phenoxy) is 1. The molecule has 0 bridgehead atoms. The second-order valence-electron chi connectivity index (χ2n) is 7.48. The SMILES string of the molecule is CCNc1nc(NCC)n2c(SCC(=O)N3CC(C)OC(c4ccccc4)C3)nnc2n1. The minimum atomic E-state index is -0.124. The molecular weight excluding hydrogens is 428 g/mol. The van der Waals surface area contributed by atoms with Crippen molar-refractivity contribution in [2.24, 2.45) is 0 Å². The van der Waals surface area contributed by atoms with E-state index in [-0.39, 0.29) is 23.9 Å². The molecule has 1 amide bonds. The molecule has 11 heteroatoms. The number of thioether (sulfide) groups is 1. The summed E-state index contributed by atoms with van der Waals surface area (Å²) < 4.78 is 7.82. The number of carbonyl (C=O) groups is 1. The fourth-order valence-corrected chi connectivity index (χ4v) is 4.45. The Hall–Kier alpha value is -2.92. The number of amides is 1. The molecule has 1 aliphatic heterocycles. The van der Waals surface area contributed by atoms with Crippen molar-refractivity contribution in [2.45, 2.75) is 38.1 Å². The molecule has 1 fully saturated rings. The Morgan fingerprint density at radius 3 is 2.66 bits per heavy atom. The first-order valence-electron chi connectivity index (χ1n) is 10.8. The zero-order chi connectivity index (χ0) is 22.5. The maximum absolute atomic E-state index is 13.0. The van der Waals surface area contributed by atoms with Gasteiger partial charge in [-0.05, 0) is 26.3 Å². The van der Waals surface area contributed by atoms with Gasteiger partial charge in [0.25, 0.3) is 5.78 Å². The van der Waals surface area contributed by atoms with E-state index in [1.54, 1.807) is 4.40 Å². The Balaban J connectivity index is 1.47. The van der Waals surface area contributed by atoms with Crippen molar-refractivity contribution in [3.05, 3.63) is 35.9 Å². The maximum atomic E-state index is 13.0. The lowest BCUT2D eigenvalue weighted by Gasteiger charge is -2.37. The van der Waals surface area contributed by atoms with Crippen LogP contribution in [0.25, 0.3) is 5.78 Å². The van der Waals surface area contributed by atoms with Crippen LogP contribution in [0.5, 0.6) is 0 Å². The third kappa shape index (κ3) is 4.94. The Kier molecular flexibility index (Phi) is 7.05. The van der Waals surface area contributed by atoms with E-state index in [2.05, 4.69) is 30.8 Å². The van der Waals surface area contributed by atoms with Crippen molar-refractivity contribution in [3.8, 4) is 0 Å². The third-order valence-electron chi connectivity index (χ3n) is 5.02. The first-order valence-corrected chi connectivity index (χ1v) is 11.8. The van der Waals surface area contributed by atoms with Gasteiger partial charge in [-0.15, -0.1) is 10.2 Å². The quantitative estimate of drug-likeness (QED) is 0.494. The van der Waals surface area contributed by atoms with Crippen LogP contribution in [-0.2, 0) is 9.53 Å². The second-order valence-corrected chi connectivity index (χ2v) is 8.43. The minimum absolute atomic E-state index is 0.0323. The summed E-state index contributed by atoms with van der Waals surface area (Å²) in [5.74, 6) is 1.81. The van der Waals surface area contributed by atoms with Crippen molar-refractivity contribution in [1.82, 2.24) is 29.5 Å². The highest BCUT2D eigenvalue weighted by Gasteiger charge is 2.29. The number of hydrogen-bond acceptors (Lipinski definition) is 9. The maximum Gasteiger partial charge on any atom is 0.261 e. The zero-order valence-electron chi connectivity index (χ0n) is 18.5. The topological polar surface area (TPSA) is 110 Å². The van der Waals surface area contributed by atoms with Crippen LogP contribution in [0.2, 0.25) is 0 Å². The minimum Gasteiger partial charge on any atom is -0.367 e. The van der Waals surface area contributed by atoms with Gasteiger partial charge in [-0.3, -0.25) is 4.79 Å². The summed E-state index contributed by atoms with van der Waals surface area (Å²) in [6, 6.07) is 10.0. The molecular formula is C21H28N8O2S. The Bertz CT molecular complexity index is 1060. The first-order chi connectivity index (χ1) is 15.6. The number of anilines is 2. The molecule has 2 aromatic heterocycles. The summed E-state index contributed by atoms with van der Waals surface area (Å²) in [5.41, 5.74) is 1.08. The van der Waals surface area contributed by atoms with Crippen molar-refractivity contribution < 1.29 is 9.53 Å². The van der Waals surface area contributed by atoms with Crippen LogP contribution >= 0.6 is 11.8 Å². The van der Waals surface area contributed by atoms with Crippen molar-refractivity contribution in [1.29, 1.82) is 0 Å². The number of morpholine rings is 1. The molecule has 2 N–H and O–H groups in total. The molecule has 0 saturated carbocycles. The molecule has 3 aromatic rings. The molecule has 4 rings (SSSR count). The molecule has 170 valence electrons. The largest absolute Gasteiger partial charge is 0.367 e. The van der Waals surface area contributed by atoms with Gasteiger partial charge in [0.1, 0.15) is 6.10 Å². The van der Waals surface area contributed by atoms with Crippen LogP contribution in [0.4, 0.5) is 11.9 Å². The fourth-order valence-electron chi connectivity index (χ4n) is 3.62. The summed E-state index contributed by atoms with van der Waals surface area (Å²) in [6.07, 6.45) is -0.156. The summed E-state index contributed by atoms with van der Waals surface area (Å²) >= 11 is 1.33. The van der Waals surface area contributed by atoms with E-state index in [0.717, 1.165) is 5.56 Å². The molecule has 0 aliphatic carbocycles. The Morgan fingerprint density at radius 1 is 1.12 bits per heavy atom. The number of rotatable bonds is 8. The van der Waals surface area contributed by atoms with Gasteiger partial charge in [0, 0.05) is 19.6 Å². The van der Waals surface area contributed by atoms with Crippen molar-refractivity contribution in [2.75, 3.05) is 42.6 Å². The highest BCUT2D eigenvalue weighted by Crippen LogP contribution is 2.27. The van der Waals surface area contributed by atoms with E-state index in [4.69, 9.17) is 4.74 Å². The van der Waals surface area contributed by atoms with E-state index >= 15 is 0 Å². The fraction of sp³-hybridized carbons (Fsp3) is 0.476. The molecule has 0 spiro atoms. The van der Waals surface area contributed by atoms with Gasteiger partial charge in [0.05, 0.1) is 18.4 Å². The summed E-state index contributed by atoms with van der Waals surface area (Å²) in [4.78, 5) is 23.8. The molecule has 1 aromatic carbocycles. The Morgan fingerprint density at radius 2 is 1.91 bits per heavy atom. The average molecular weight is 457 g/mol. The van der Waals surface area contributed by atoms with Gasteiger partial charge in [-0.2, -0.15) is 9.97 Å². The van der Waals surface area contributed by atoms with Crippen LogP contribution in [0.1, 0.15) is 32.4 Å². The third-order valence-corrected chi connectivity index (χ3v) is 5.94. The van der Waals surface area contributed by atoms with Gasteiger partial charge >= 0.3 is 0 Å². The number of nitrogens with one attached hydrogen (secondary N) is 2. The van der Waals surface area contributed by atoms with E-state index in [0.29, 0.717) is 49.0 Å². The number of aromatic nitrogens is 5. The molecule has 32 heavy (non-hydrogen) atoms. The smallest absolute Gasteiger partial charge is 0.261 e. The van der Waals surface area contributed by atoms with E-state index in [1.165, 1.54) is 11.8 Å². The normalized spacial score (nSPS) is 18.7. The van der Waals surface area contributed by atoms with Gasteiger partial charge in [0.2, 0.25) is 17.8 Å². The lowest BCUT2D eigenvalue weighted by Crippen LogP contribution is -2.46. The van der Waals surface area contributed by atoms with Gasteiger partial charge in [-0.1, -0.05) is 42.1 Å². The second kappa shape index (κ2) is 10.1. The number of nitrogens with zero attached hydrogens (tertiary/aromatic N) is 6. The van der Waals surface area contributed by atoms with E-state index in [1.807, 2.05) is 56.0 Å². The number of fused-ring (bicyclic) bond motifs is 1. The standard InChI is InChI=1S/C21H28N8O2S/c1-4-22-18-24-19(23-5-2)29-20(25-18)26-27-21(29)32-13-17(30)28-11-14(3)31-16(12-28)15-9-7-6-8-10-15/h6-10,14,16H,4-5,11-13H2,1-3H3,(H2,22,23,24,25,26). The van der Waals surface area contributed by atoms with Crippen molar-refractivity contribution >= 4 is 35.3 Å². The first kappa shape index (κ1) is 22.3. The predicted octanol–water partition coefficient (Wildman–Crippen LogP) is 2.46. The molecule has 2 atom stereocenters. The monoisotopic (exact) mass is 456 g/mol. The molecule has 1 aliphatic rings. The van der Waals surface area contributed by atoms with Crippen molar-refractivity contribution in [3.63, 3.8) is 0 Å². The summed E-state index contributed by atoms with van der Waals surface area (Å²) in [6.45, 7) is 8.46. The zero-order valence-corrected chi connectivity index (χ0v) is 19.3. The van der Waals surface area contributed by atoms with Crippen LogP contribution in [-0.4, -0.2) is 73.4 Å².